The molecule has 1 aliphatic carbocycles. The number of nitrogens with one attached hydrogen (secondary N) is 4. The molecule has 1 saturated carbocycles. The Kier molecular flexibility index (Phi) is 5.99. The van der Waals surface area contributed by atoms with Gasteiger partial charge in [0.2, 0.25) is 5.91 Å². The topological polar surface area (TPSA) is 121 Å². The quantitative estimate of drug-likeness (QED) is 0.491. The summed E-state index contributed by atoms with van der Waals surface area (Å²) >= 11 is 0. The second-order valence-electron chi connectivity index (χ2n) is 9.43. The van der Waals surface area contributed by atoms with E-state index in [9.17, 15) is 9.59 Å². The van der Waals surface area contributed by atoms with E-state index in [0.717, 1.165) is 44.7 Å². The van der Waals surface area contributed by atoms with Crippen LogP contribution in [0, 0.1) is 11.3 Å². The lowest BCUT2D eigenvalue weighted by Gasteiger charge is -2.53. The third-order valence-corrected chi connectivity index (χ3v) is 6.98. The van der Waals surface area contributed by atoms with Crippen molar-refractivity contribution < 1.29 is 14.3 Å². The van der Waals surface area contributed by atoms with Crippen LogP contribution in [-0.4, -0.2) is 62.1 Å². The Labute approximate surface area is 198 Å². The minimum absolute atomic E-state index is 0.0444. The van der Waals surface area contributed by atoms with Crippen molar-refractivity contribution in [2.24, 2.45) is 11.3 Å². The highest BCUT2D eigenvalue weighted by atomic mass is 16.5. The summed E-state index contributed by atoms with van der Waals surface area (Å²) in [5.74, 6) is 0.788. The lowest BCUT2D eigenvalue weighted by atomic mass is 9.72. The van der Waals surface area contributed by atoms with E-state index in [0.29, 0.717) is 33.9 Å². The fourth-order valence-corrected chi connectivity index (χ4v) is 4.84. The molecule has 3 fully saturated rings. The Morgan fingerprint density at radius 1 is 1.15 bits per heavy atom. The lowest BCUT2D eigenvalue weighted by Crippen LogP contribution is -2.60. The summed E-state index contributed by atoms with van der Waals surface area (Å²) in [4.78, 5) is 35.7. The third-order valence-electron chi connectivity index (χ3n) is 6.98. The molecule has 0 bridgehead atoms. The van der Waals surface area contributed by atoms with E-state index in [1.54, 1.807) is 26.4 Å². The van der Waals surface area contributed by atoms with Gasteiger partial charge in [-0.25, -0.2) is 4.98 Å². The zero-order valence-corrected chi connectivity index (χ0v) is 19.6. The normalized spacial score (nSPS) is 18.7. The maximum Gasteiger partial charge on any atom is 0.254 e. The van der Waals surface area contributed by atoms with Gasteiger partial charge in [-0.1, -0.05) is 0 Å². The van der Waals surface area contributed by atoms with Crippen molar-refractivity contribution in [3.8, 4) is 5.75 Å². The maximum atomic E-state index is 12.5. The van der Waals surface area contributed by atoms with E-state index in [1.807, 2.05) is 6.20 Å². The molecule has 0 unspecified atom stereocenters. The first-order valence-corrected chi connectivity index (χ1v) is 11.8. The van der Waals surface area contributed by atoms with Gasteiger partial charge in [0, 0.05) is 43.7 Å². The lowest BCUT2D eigenvalue weighted by molar-refractivity contribution is -0.117. The van der Waals surface area contributed by atoms with Crippen LogP contribution in [0.4, 0.5) is 22.9 Å². The van der Waals surface area contributed by atoms with Crippen molar-refractivity contribution in [1.82, 2.24) is 20.6 Å². The van der Waals surface area contributed by atoms with E-state index in [-0.39, 0.29) is 17.7 Å². The van der Waals surface area contributed by atoms with Crippen LogP contribution in [0.3, 0.4) is 0 Å². The molecule has 2 amide bonds. The SMILES string of the molecule is CNC(=O)c1cnc(NC(=O)C2CC2)cc1Nc1cncc(N2CC3(CCNCC3)C2)c1OC. The van der Waals surface area contributed by atoms with Gasteiger partial charge in [0.1, 0.15) is 17.2 Å². The molecule has 4 N–H and O–H groups in total. The Bertz CT molecular complexity index is 1090. The fourth-order valence-electron chi connectivity index (χ4n) is 4.84. The zero-order valence-electron chi connectivity index (χ0n) is 19.6. The summed E-state index contributed by atoms with van der Waals surface area (Å²) in [7, 11) is 3.20. The highest BCUT2D eigenvalue weighted by Gasteiger charge is 2.44. The first-order valence-electron chi connectivity index (χ1n) is 11.8. The smallest absolute Gasteiger partial charge is 0.254 e. The standard InChI is InChI=1S/C24H31N7O3/c1-25-23(33)16-10-28-20(30-22(32)15-3-4-15)9-17(16)29-18-11-27-12-19(21(18)34-2)31-13-24(14-31)5-7-26-8-6-24/h9-12,15,26H,3-8,13-14H2,1-2H3,(H,25,33)(H2,28,29,30,32). The average molecular weight is 466 g/mol. The van der Waals surface area contributed by atoms with Gasteiger partial charge in [-0.2, -0.15) is 0 Å². The van der Waals surface area contributed by atoms with Crippen molar-refractivity contribution in [2.75, 3.05) is 55.9 Å². The Balaban J connectivity index is 1.41. The number of piperidine rings is 1. The summed E-state index contributed by atoms with van der Waals surface area (Å²) in [6.07, 6.45) is 9.13. The van der Waals surface area contributed by atoms with Gasteiger partial charge < -0.3 is 30.9 Å². The fraction of sp³-hybridized carbons (Fsp3) is 0.500. The molecule has 2 aromatic heterocycles. The van der Waals surface area contributed by atoms with Crippen LogP contribution in [0.15, 0.2) is 24.7 Å². The molecule has 4 heterocycles. The first kappa shape index (κ1) is 22.4. The van der Waals surface area contributed by atoms with Gasteiger partial charge in [0.15, 0.2) is 5.75 Å². The minimum atomic E-state index is -0.284. The molecule has 34 heavy (non-hydrogen) atoms. The largest absolute Gasteiger partial charge is 0.492 e. The number of hydrogen-bond acceptors (Lipinski definition) is 8. The Hall–Kier alpha value is -3.40. The summed E-state index contributed by atoms with van der Waals surface area (Å²) in [5, 5.41) is 12.2. The van der Waals surface area contributed by atoms with Gasteiger partial charge in [-0.15, -0.1) is 0 Å². The highest BCUT2D eigenvalue weighted by Crippen LogP contribution is 2.46. The van der Waals surface area contributed by atoms with Crippen molar-refractivity contribution in [2.45, 2.75) is 25.7 Å². The van der Waals surface area contributed by atoms with E-state index >= 15 is 0 Å². The minimum Gasteiger partial charge on any atom is -0.492 e. The predicted octanol–water partition coefficient (Wildman–Crippen LogP) is 2.13. The monoisotopic (exact) mass is 465 g/mol. The van der Waals surface area contributed by atoms with Crippen LogP contribution in [-0.2, 0) is 4.79 Å². The number of aromatic nitrogens is 2. The van der Waals surface area contributed by atoms with Crippen LogP contribution >= 0.6 is 0 Å². The van der Waals surface area contributed by atoms with Crippen LogP contribution in [0.1, 0.15) is 36.0 Å². The zero-order chi connectivity index (χ0) is 23.7. The number of anilines is 4. The second kappa shape index (κ2) is 9.09. The third kappa shape index (κ3) is 4.37. The molecular formula is C24H31N7O3. The van der Waals surface area contributed by atoms with Crippen LogP contribution in [0.5, 0.6) is 5.75 Å². The van der Waals surface area contributed by atoms with Crippen molar-refractivity contribution in [1.29, 1.82) is 0 Å². The van der Waals surface area contributed by atoms with Gasteiger partial charge in [-0.3, -0.25) is 14.6 Å². The molecule has 2 aromatic rings. The summed E-state index contributed by atoms with van der Waals surface area (Å²) in [6, 6.07) is 1.67. The first-order chi connectivity index (χ1) is 16.5. The van der Waals surface area contributed by atoms with E-state index in [1.165, 1.54) is 19.0 Å². The molecule has 180 valence electrons. The number of carbonyl (C=O) groups excluding carboxylic acids is 2. The van der Waals surface area contributed by atoms with Gasteiger partial charge >= 0.3 is 0 Å². The molecule has 1 spiro atoms. The van der Waals surface area contributed by atoms with E-state index in [2.05, 4.69) is 36.1 Å². The summed E-state index contributed by atoms with van der Waals surface area (Å²) in [6.45, 7) is 4.09. The summed E-state index contributed by atoms with van der Waals surface area (Å²) < 4.78 is 5.80. The molecule has 0 atom stereocenters. The molecular weight excluding hydrogens is 434 g/mol. The number of methoxy groups -OCH3 is 1. The van der Waals surface area contributed by atoms with E-state index in [4.69, 9.17) is 4.74 Å². The molecule has 2 saturated heterocycles. The Morgan fingerprint density at radius 2 is 1.91 bits per heavy atom. The molecule has 3 aliphatic rings. The molecule has 0 aromatic carbocycles. The van der Waals surface area contributed by atoms with Crippen LogP contribution in [0.2, 0.25) is 0 Å². The molecule has 10 nitrogen and oxygen atoms in total. The Morgan fingerprint density at radius 3 is 2.59 bits per heavy atom. The second-order valence-corrected chi connectivity index (χ2v) is 9.43. The number of carbonyl (C=O) groups is 2. The van der Waals surface area contributed by atoms with Gasteiger partial charge in [0.05, 0.1) is 30.8 Å². The van der Waals surface area contributed by atoms with Crippen LogP contribution in [0.25, 0.3) is 0 Å². The molecule has 10 heteroatoms. The van der Waals surface area contributed by atoms with E-state index < -0.39 is 0 Å². The number of hydrogen-bond donors (Lipinski definition) is 4. The van der Waals surface area contributed by atoms with Gasteiger partial charge in [-0.05, 0) is 38.8 Å². The van der Waals surface area contributed by atoms with Crippen molar-refractivity contribution in [3.05, 3.63) is 30.2 Å². The van der Waals surface area contributed by atoms with Crippen LogP contribution < -0.4 is 30.9 Å². The van der Waals surface area contributed by atoms with Crippen molar-refractivity contribution in [3.63, 3.8) is 0 Å². The number of nitrogens with zero attached hydrogens (tertiary/aromatic N) is 3. The van der Waals surface area contributed by atoms with Gasteiger partial charge in [0.25, 0.3) is 5.91 Å². The van der Waals surface area contributed by atoms with Crippen molar-refractivity contribution >= 4 is 34.7 Å². The number of ether oxygens (including phenoxy) is 1. The summed E-state index contributed by atoms with van der Waals surface area (Å²) in [5.41, 5.74) is 2.80. The molecule has 2 aliphatic heterocycles. The average Bonchev–Trinajstić information content (AvgIpc) is 3.68. The number of amides is 2. The number of pyridine rings is 2. The molecule has 5 rings (SSSR count). The maximum absolute atomic E-state index is 12.5. The molecule has 0 radical (unpaired) electrons. The number of rotatable bonds is 7. The predicted molar refractivity (Wildman–Crippen MR) is 130 cm³/mol. The highest BCUT2D eigenvalue weighted by molar-refractivity contribution is 6.01.